The molecule has 1 aliphatic heterocycles. The van der Waals surface area contributed by atoms with Gasteiger partial charge in [0.2, 0.25) is 0 Å². The fourth-order valence-electron chi connectivity index (χ4n) is 3.14. The molecule has 3 aromatic heterocycles. The summed E-state index contributed by atoms with van der Waals surface area (Å²) >= 11 is 0. The van der Waals surface area contributed by atoms with Crippen LogP contribution in [0.15, 0.2) is 43.0 Å². The van der Waals surface area contributed by atoms with Crippen molar-refractivity contribution in [2.45, 2.75) is 24.7 Å². The van der Waals surface area contributed by atoms with E-state index in [1.165, 1.54) is 12.4 Å². The molecule has 0 bridgehead atoms. The summed E-state index contributed by atoms with van der Waals surface area (Å²) in [5, 5.41) is 7.22. The smallest absolute Gasteiger partial charge is 0.371 e. The first kappa shape index (κ1) is 18.4. The summed E-state index contributed by atoms with van der Waals surface area (Å²) < 4.78 is 47.5. The van der Waals surface area contributed by atoms with Crippen LogP contribution in [0.4, 0.5) is 19.0 Å². The third-order valence-corrected chi connectivity index (χ3v) is 4.43. The fraction of sp³-hybridized carbons (Fsp3) is 0.333. The lowest BCUT2D eigenvalue weighted by Crippen LogP contribution is -2.24. The molecule has 146 valence electrons. The first-order valence-electron chi connectivity index (χ1n) is 8.63. The second kappa shape index (κ2) is 7.19. The minimum Gasteiger partial charge on any atom is -0.371 e. The van der Waals surface area contributed by atoms with Crippen molar-refractivity contribution in [3.63, 3.8) is 0 Å². The van der Waals surface area contributed by atoms with Gasteiger partial charge in [-0.1, -0.05) is 0 Å². The average Bonchev–Trinajstić information content (AvgIpc) is 3.30. The number of nitrogens with one attached hydrogen (secondary N) is 1. The quantitative estimate of drug-likeness (QED) is 0.737. The summed E-state index contributed by atoms with van der Waals surface area (Å²) in [6.45, 7) is 0.492. The van der Waals surface area contributed by atoms with Gasteiger partial charge < -0.3 is 10.1 Å². The van der Waals surface area contributed by atoms with E-state index in [2.05, 4.69) is 25.4 Å². The molecular weight excluding hydrogens is 373 g/mol. The van der Waals surface area contributed by atoms with Crippen molar-refractivity contribution in [2.24, 2.45) is 7.05 Å². The minimum atomic E-state index is -4.59. The van der Waals surface area contributed by atoms with Crippen LogP contribution in [0.25, 0.3) is 11.4 Å². The molecule has 1 N–H and O–H groups in total. The van der Waals surface area contributed by atoms with Gasteiger partial charge in [0.1, 0.15) is 11.9 Å². The maximum absolute atomic E-state index is 13.4. The molecule has 0 amide bonds. The lowest BCUT2D eigenvalue weighted by atomic mass is 10.1. The van der Waals surface area contributed by atoms with Crippen LogP contribution in [0.3, 0.4) is 0 Å². The Morgan fingerprint density at radius 2 is 2.00 bits per heavy atom. The lowest BCUT2D eigenvalue weighted by Gasteiger charge is -2.20. The van der Waals surface area contributed by atoms with E-state index < -0.39 is 11.9 Å². The molecule has 0 aliphatic carbocycles. The summed E-state index contributed by atoms with van der Waals surface area (Å²) in [5.74, 6) is 0.0788. The van der Waals surface area contributed by atoms with Crippen molar-refractivity contribution in [1.29, 1.82) is 0 Å². The Labute approximate surface area is 158 Å². The van der Waals surface area contributed by atoms with Gasteiger partial charge in [0.05, 0.1) is 12.2 Å². The van der Waals surface area contributed by atoms with E-state index in [1.54, 1.807) is 30.1 Å². The van der Waals surface area contributed by atoms with Crippen LogP contribution in [0.2, 0.25) is 0 Å². The van der Waals surface area contributed by atoms with Crippen LogP contribution >= 0.6 is 0 Å². The summed E-state index contributed by atoms with van der Waals surface area (Å²) in [7, 11) is 1.79. The zero-order valence-electron chi connectivity index (χ0n) is 14.9. The maximum Gasteiger partial charge on any atom is 0.433 e. The van der Waals surface area contributed by atoms with Crippen LogP contribution < -0.4 is 5.32 Å². The molecule has 7 nitrogen and oxygen atoms in total. The average molecular weight is 390 g/mol. The van der Waals surface area contributed by atoms with Crippen LogP contribution in [0.5, 0.6) is 0 Å². The van der Waals surface area contributed by atoms with E-state index in [0.717, 1.165) is 11.6 Å². The van der Waals surface area contributed by atoms with Gasteiger partial charge in [-0.25, -0.2) is 9.97 Å². The number of aromatic nitrogens is 5. The van der Waals surface area contributed by atoms with Crippen molar-refractivity contribution in [2.75, 3.05) is 11.9 Å². The van der Waals surface area contributed by atoms with Crippen molar-refractivity contribution >= 4 is 5.82 Å². The summed E-state index contributed by atoms with van der Waals surface area (Å²) in [5.41, 5.74) is 0.307. The molecule has 0 saturated carbocycles. The van der Waals surface area contributed by atoms with Crippen LogP contribution in [-0.4, -0.2) is 37.4 Å². The number of halogens is 3. The zero-order chi connectivity index (χ0) is 19.7. The van der Waals surface area contributed by atoms with Crippen LogP contribution in [0.1, 0.15) is 23.8 Å². The summed E-state index contributed by atoms with van der Waals surface area (Å²) in [6, 6.07) is 3.82. The predicted octanol–water partition coefficient (Wildman–Crippen LogP) is 3.23. The molecule has 2 atom stereocenters. The Hall–Kier alpha value is -3.01. The maximum atomic E-state index is 13.4. The van der Waals surface area contributed by atoms with Crippen molar-refractivity contribution in [3.8, 4) is 11.4 Å². The Morgan fingerprint density at radius 1 is 1.21 bits per heavy atom. The number of alkyl halides is 3. The highest BCUT2D eigenvalue weighted by atomic mass is 19.4. The van der Waals surface area contributed by atoms with Crippen molar-refractivity contribution in [1.82, 2.24) is 24.7 Å². The molecule has 1 fully saturated rings. The minimum absolute atomic E-state index is 0.0171. The van der Waals surface area contributed by atoms with Gasteiger partial charge in [-0.05, 0) is 18.6 Å². The Morgan fingerprint density at radius 3 is 2.68 bits per heavy atom. The largest absolute Gasteiger partial charge is 0.433 e. The number of rotatable bonds is 4. The third kappa shape index (κ3) is 3.81. The molecule has 3 aromatic rings. The number of hydrogen-bond acceptors (Lipinski definition) is 6. The van der Waals surface area contributed by atoms with Gasteiger partial charge in [-0.15, -0.1) is 0 Å². The number of nitrogens with zero attached hydrogens (tertiary/aromatic N) is 5. The van der Waals surface area contributed by atoms with Crippen LogP contribution in [-0.2, 0) is 18.0 Å². The summed E-state index contributed by atoms with van der Waals surface area (Å²) in [6.07, 6.45) is 2.21. The second-order valence-electron chi connectivity index (χ2n) is 6.47. The summed E-state index contributed by atoms with van der Waals surface area (Å²) in [4.78, 5) is 11.8. The lowest BCUT2D eigenvalue weighted by molar-refractivity contribution is -0.141. The molecule has 0 radical (unpaired) electrons. The number of hydrogen-bond donors (Lipinski definition) is 1. The Bertz CT molecular complexity index is 959. The number of ether oxygens (including phenoxy) is 1. The molecule has 0 aromatic carbocycles. The molecule has 28 heavy (non-hydrogen) atoms. The molecule has 0 unspecified atom stereocenters. The Balaban J connectivity index is 1.67. The van der Waals surface area contributed by atoms with E-state index in [9.17, 15) is 13.2 Å². The normalized spacial score (nSPS) is 19.7. The predicted molar refractivity (Wildman–Crippen MR) is 94.2 cm³/mol. The van der Waals surface area contributed by atoms with Crippen LogP contribution in [0, 0.1) is 0 Å². The van der Waals surface area contributed by atoms with Gasteiger partial charge >= 0.3 is 6.18 Å². The van der Waals surface area contributed by atoms with E-state index in [0.29, 0.717) is 18.6 Å². The van der Waals surface area contributed by atoms with Gasteiger partial charge in [-0.3, -0.25) is 9.67 Å². The zero-order valence-corrected chi connectivity index (χ0v) is 14.9. The third-order valence-electron chi connectivity index (χ3n) is 4.43. The fourth-order valence-corrected chi connectivity index (χ4v) is 3.14. The molecule has 4 rings (SSSR count). The molecular formula is C18H17F3N6O. The highest BCUT2D eigenvalue weighted by molar-refractivity contribution is 5.57. The van der Waals surface area contributed by atoms with Gasteiger partial charge in [0.25, 0.3) is 0 Å². The van der Waals surface area contributed by atoms with E-state index in [-0.39, 0.29) is 23.8 Å². The molecule has 4 heterocycles. The molecule has 0 spiro atoms. The van der Waals surface area contributed by atoms with Gasteiger partial charge in [0, 0.05) is 49.4 Å². The van der Waals surface area contributed by atoms with E-state index in [4.69, 9.17) is 4.74 Å². The molecule has 1 saturated heterocycles. The van der Waals surface area contributed by atoms with Gasteiger partial charge in [-0.2, -0.15) is 18.3 Å². The molecule has 10 heteroatoms. The SMILES string of the molecule is Cn1cc([C@H]2OCC[C@@H]2Nc2cc(C(F)(F)F)nc(-c3ccncc3)n2)cn1. The topological polar surface area (TPSA) is 77.8 Å². The highest BCUT2D eigenvalue weighted by Crippen LogP contribution is 2.34. The standard InChI is InChI=1S/C18H17F3N6O/c1-27-10-12(9-23-27)16-13(4-7-28-16)24-15-8-14(18(19,20)21)25-17(26-15)11-2-5-22-6-3-11/h2-3,5-6,8-10,13,16H,4,7H2,1H3,(H,24,25,26)/t13-,16+/m0/s1. The first-order valence-corrected chi connectivity index (χ1v) is 8.63. The number of pyridine rings is 1. The van der Waals surface area contributed by atoms with E-state index >= 15 is 0 Å². The van der Waals surface area contributed by atoms with E-state index in [1.807, 2.05) is 6.20 Å². The second-order valence-corrected chi connectivity index (χ2v) is 6.47. The number of aryl methyl sites for hydroxylation is 1. The first-order chi connectivity index (χ1) is 13.4. The number of anilines is 1. The monoisotopic (exact) mass is 390 g/mol. The Kier molecular flexibility index (Phi) is 4.71. The van der Waals surface area contributed by atoms with Crippen molar-refractivity contribution in [3.05, 3.63) is 54.2 Å². The van der Waals surface area contributed by atoms with Gasteiger partial charge in [0.15, 0.2) is 11.5 Å². The highest BCUT2D eigenvalue weighted by Gasteiger charge is 2.35. The molecule has 1 aliphatic rings. The van der Waals surface area contributed by atoms with Crippen molar-refractivity contribution < 1.29 is 17.9 Å².